The maximum absolute atomic E-state index is 12.3. The van der Waals surface area contributed by atoms with E-state index in [-0.39, 0.29) is 5.78 Å². The lowest BCUT2D eigenvalue weighted by atomic mass is 9.92. The van der Waals surface area contributed by atoms with Crippen molar-refractivity contribution in [2.75, 3.05) is 0 Å². The number of nitriles is 1. The average molecular weight is 276 g/mol. The van der Waals surface area contributed by atoms with Gasteiger partial charge in [0.05, 0.1) is 15.3 Å². The highest BCUT2D eigenvalue weighted by Gasteiger charge is 2.24. The van der Waals surface area contributed by atoms with Gasteiger partial charge in [-0.3, -0.25) is 4.79 Å². The van der Waals surface area contributed by atoms with Crippen molar-refractivity contribution in [3.63, 3.8) is 0 Å². The molecule has 0 amide bonds. The van der Waals surface area contributed by atoms with E-state index >= 15 is 0 Å². The average Bonchev–Trinajstić information content (AvgIpc) is 2.79. The third-order valence-electron chi connectivity index (χ3n) is 2.71. The van der Waals surface area contributed by atoms with Crippen LogP contribution in [-0.4, -0.2) is 5.78 Å². The molecule has 0 fully saturated rings. The van der Waals surface area contributed by atoms with Gasteiger partial charge >= 0.3 is 0 Å². The van der Waals surface area contributed by atoms with Gasteiger partial charge in [-0.15, -0.1) is 11.3 Å². The summed E-state index contributed by atoms with van der Waals surface area (Å²) < 4.78 is 0.555. The van der Waals surface area contributed by atoms with Gasteiger partial charge in [-0.25, -0.2) is 0 Å². The number of carbonyl (C=O) groups is 1. The van der Waals surface area contributed by atoms with Crippen LogP contribution in [0.15, 0.2) is 36.4 Å². The molecule has 2 aromatic rings. The van der Waals surface area contributed by atoms with Crippen LogP contribution in [0.4, 0.5) is 0 Å². The lowest BCUT2D eigenvalue weighted by Gasteiger charge is -2.10. The molecular formula is C14H10ClNOS. The van der Waals surface area contributed by atoms with Crippen molar-refractivity contribution in [1.29, 1.82) is 5.26 Å². The van der Waals surface area contributed by atoms with Crippen molar-refractivity contribution < 1.29 is 4.79 Å². The van der Waals surface area contributed by atoms with E-state index in [9.17, 15) is 10.1 Å². The summed E-state index contributed by atoms with van der Waals surface area (Å²) in [5, 5.41) is 9.24. The second-order valence-electron chi connectivity index (χ2n) is 3.89. The zero-order valence-electron chi connectivity index (χ0n) is 9.68. The summed E-state index contributed by atoms with van der Waals surface area (Å²) in [5.74, 6) is -0.954. The van der Waals surface area contributed by atoms with Crippen molar-refractivity contribution in [3.05, 3.63) is 56.7 Å². The Labute approximate surface area is 114 Å². The molecule has 0 saturated carbocycles. The Morgan fingerprint density at radius 1 is 1.33 bits per heavy atom. The highest BCUT2D eigenvalue weighted by atomic mass is 35.5. The van der Waals surface area contributed by atoms with Gasteiger partial charge in [-0.1, -0.05) is 35.9 Å². The fourth-order valence-corrected chi connectivity index (χ4v) is 2.78. The van der Waals surface area contributed by atoms with Gasteiger partial charge in [0.2, 0.25) is 0 Å². The molecule has 1 aromatic heterocycles. The number of hydrogen-bond donors (Lipinski definition) is 0. The van der Waals surface area contributed by atoms with E-state index in [2.05, 4.69) is 6.07 Å². The molecular weight excluding hydrogens is 266 g/mol. The van der Waals surface area contributed by atoms with E-state index in [0.29, 0.717) is 9.21 Å². The lowest BCUT2D eigenvalue weighted by Crippen LogP contribution is -2.11. The van der Waals surface area contributed by atoms with Gasteiger partial charge in [-0.2, -0.15) is 5.26 Å². The van der Waals surface area contributed by atoms with Crippen molar-refractivity contribution >= 4 is 28.7 Å². The summed E-state index contributed by atoms with van der Waals surface area (Å²) in [6.07, 6.45) is 0. The largest absolute Gasteiger partial charge is 0.291 e. The normalized spacial score (nSPS) is 11.8. The van der Waals surface area contributed by atoms with Gasteiger partial charge in [0.15, 0.2) is 5.78 Å². The summed E-state index contributed by atoms with van der Waals surface area (Å²) in [5.41, 5.74) is 1.70. The molecule has 0 spiro atoms. The number of nitrogens with zero attached hydrogens (tertiary/aromatic N) is 1. The maximum atomic E-state index is 12.3. The molecule has 1 unspecified atom stereocenters. The molecule has 0 aliphatic carbocycles. The van der Waals surface area contributed by atoms with Crippen LogP contribution in [0.3, 0.4) is 0 Å². The summed E-state index contributed by atoms with van der Waals surface area (Å²) >= 11 is 7.02. The van der Waals surface area contributed by atoms with E-state index in [1.807, 2.05) is 31.2 Å². The van der Waals surface area contributed by atoms with Gasteiger partial charge in [0.1, 0.15) is 5.92 Å². The number of thiophene rings is 1. The molecule has 0 aliphatic heterocycles. The summed E-state index contributed by atoms with van der Waals surface area (Å²) in [4.78, 5) is 12.8. The van der Waals surface area contributed by atoms with Gasteiger partial charge in [-0.05, 0) is 30.2 Å². The first-order valence-corrected chi connectivity index (χ1v) is 6.57. The van der Waals surface area contributed by atoms with Crippen molar-refractivity contribution in [3.8, 4) is 6.07 Å². The summed E-state index contributed by atoms with van der Waals surface area (Å²) in [6.45, 7) is 1.90. The predicted molar refractivity (Wildman–Crippen MR) is 73.2 cm³/mol. The Balaban J connectivity index is 2.39. The highest BCUT2D eigenvalue weighted by Crippen LogP contribution is 2.28. The minimum atomic E-state index is -0.763. The SMILES string of the molecule is Cc1ccccc1C(C#N)C(=O)c1ccc(Cl)s1. The molecule has 0 aliphatic rings. The number of aryl methyl sites for hydroxylation is 1. The molecule has 4 heteroatoms. The molecule has 2 nitrogen and oxygen atoms in total. The minimum absolute atomic E-state index is 0.191. The number of benzene rings is 1. The van der Waals surface area contributed by atoms with Crippen LogP contribution in [0, 0.1) is 18.3 Å². The Morgan fingerprint density at radius 3 is 2.61 bits per heavy atom. The molecule has 1 heterocycles. The number of hydrogen-bond acceptors (Lipinski definition) is 3. The zero-order chi connectivity index (χ0) is 13.1. The summed E-state index contributed by atoms with van der Waals surface area (Å²) in [7, 11) is 0. The first kappa shape index (κ1) is 12.8. The van der Waals surface area contributed by atoms with E-state index in [0.717, 1.165) is 11.1 Å². The second kappa shape index (κ2) is 5.34. The van der Waals surface area contributed by atoms with E-state index in [4.69, 9.17) is 11.6 Å². The van der Waals surface area contributed by atoms with Crippen LogP contribution >= 0.6 is 22.9 Å². The fourth-order valence-electron chi connectivity index (χ4n) is 1.77. The third kappa shape index (κ3) is 2.45. The Bertz CT molecular complexity index is 627. The molecule has 0 N–H and O–H groups in total. The second-order valence-corrected chi connectivity index (χ2v) is 5.60. The maximum Gasteiger partial charge on any atom is 0.194 e. The highest BCUT2D eigenvalue weighted by molar-refractivity contribution is 7.18. The van der Waals surface area contributed by atoms with Crippen LogP contribution < -0.4 is 0 Å². The van der Waals surface area contributed by atoms with E-state index in [1.54, 1.807) is 12.1 Å². The smallest absolute Gasteiger partial charge is 0.194 e. The van der Waals surface area contributed by atoms with Crippen LogP contribution in [0.5, 0.6) is 0 Å². The van der Waals surface area contributed by atoms with Gasteiger partial charge < -0.3 is 0 Å². The zero-order valence-corrected chi connectivity index (χ0v) is 11.3. The van der Waals surface area contributed by atoms with Crippen LogP contribution in [0.1, 0.15) is 26.7 Å². The molecule has 2 rings (SSSR count). The number of halogens is 1. The molecule has 0 radical (unpaired) electrons. The monoisotopic (exact) mass is 275 g/mol. The molecule has 1 atom stereocenters. The number of rotatable bonds is 3. The topological polar surface area (TPSA) is 40.9 Å². The Morgan fingerprint density at radius 2 is 2.06 bits per heavy atom. The van der Waals surface area contributed by atoms with Crippen molar-refractivity contribution in [2.45, 2.75) is 12.8 Å². The Hall–Kier alpha value is -1.63. The van der Waals surface area contributed by atoms with Crippen LogP contribution in [-0.2, 0) is 0 Å². The lowest BCUT2D eigenvalue weighted by molar-refractivity contribution is 0.0982. The van der Waals surface area contributed by atoms with Gasteiger partial charge in [0, 0.05) is 0 Å². The fraction of sp³-hybridized carbons (Fsp3) is 0.143. The molecule has 1 aromatic carbocycles. The van der Waals surface area contributed by atoms with Crippen LogP contribution in [0.25, 0.3) is 0 Å². The molecule has 0 bridgehead atoms. The van der Waals surface area contributed by atoms with Gasteiger partial charge in [0.25, 0.3) is 0 Å². The van der Waals surface area contributed by atoms with Crippen LogP contribution in [0.2, 0.25) is 4.34 Å². The molecule has 0 saturated heterocycles. The predicted octanol–water partition coefficient (Wildman–Crippen LogP) is 4.20. The number of Topliss-reactive ketones (excluding diaryl/α,β-unsaturated/α-hetero) is 1. The number of ketones is 1. The number of carbonyl (C=O) groups excluding carboxylic acids is 1. The van der Waals surface area contributed by atoms with Crippen molar-refractivity contribution in [1.82, 2.24) is 0 Å². The van der Waals surface area contributed by atoms with Crippen molar-refractivity contribution in [2.24, 2.45) is 0 Å². The summed E-state index contributed by atoms with van der Waals surface area (Å²) in [6, 6.07) is 12.9. The first-order valence-electron chi connectivity index (χ1n) is 5.38. The third-order valence-corrected chi connectivity index (χ3v) is 3.95. The van der Waals surface area contributed by atoms with E-state index in [1.165, 1.54) is 11.3 Å². The Kier molecular flexibility index (Phi) is 3.81. The minimum Gasteiger partial charge on any atom is -0.291 e. The first-order chi connectivity index (χ1) is 8.63. The molecule has 90 valence electrons. The quantitative estimate of drug-likeness (QED) is 0.788. The van der Waals surface area contributed by atoms with E-state index < -0.39 is 5.92 Å². The standard InChI is InChI=1S/C14H10ClNOS/c1-9-4-2-3-5-10(9)11(8-16)14(17)12-6-7-13(15)18-12/h2-7,11H,1H3. The molecule has 18 heavy (non-hydrogen) atoms.